The van der Waals surface area contributed by atoms with E-state index >= 15 is 0 Å². The number of ether oxygens (including phenoxy) is 2. The van der Waals surface area contributed by atoms with Gasteiger partial charge in [0.1, 0.15) is 0 Å². The van der Waals surface area contributed by atoms with Gasteiger partial charge in [0.15, 0.2) is 0 Å². The lowest BCUT2D eigenvalue weighted by Crippen LogP contribution is -2.27. The van der Waals surface area contributed by atoms with Gasteiger partial charge in [0.25, 0.3) is 0 Å². The van der Waals surface area contributed by atoms with E-state index in [1.807, 2.05) is 0 Å². The summed E-state index contributed by atoms with van der Waals surface area (Å²) in [7, 11) is 1.47. The fourth-order valence-corrected chi connectivity index (χ4v) is 0.908. The summed E-state index contributed by atoms with van der Waals surface area (Å²) in [6.07, 6.45) is -4.73. The molecule has 1 atom stereocenters. The zero-order chi connectivity index (χ0) is 11.7. The van der Waals surface area contributed by atoms with E-state index in [0.29, 0.717) is 13.0 Å². The summed E-state index contributed by atoms with van der Waals surface area (Å²) in [6, 6.07) is 0. The second kappa shape index (κ2) is 7.86. The number of methoxy groups -OCH3 is 1. The first-order valence-electron chi connectivity index (χ1n) is 4.54. The first-order valence-corrected chi connectivity index (χ1v) is 4.54. The van der Waals surface area contributed by atoms with Gasteiger partial charge >= 0.3 is 6.36 Å². The minimum atomic E-state index is -4.57. The van der Waals surface area contributed by atoms with Gasteiger partial charge in [0.05, 0.1) is 19.3 Å². The number of nitrogens with one attached hydrogen (secondary N) is 1. The Morgan fingerprint density at radius 2 is 2.00 bits per heavy atom. The van der Waals surface area contributed by atoms with Gasteiger partial charge in [0, 0.05) is 13.7 Å². The largest absolute Gasteiger partial charge is 0.522 e. The number of hydrogen-bond acceptors (Lipinski definition) is 4. The molecular formula is C8H16F3NO3. The third kappa shape index (κ3) is 11.6. The summed E-state index contributed by atoms with van der Waals surface area (Å²) in [6.45, 7) is 0.315. The van der Waals surface area contributed by atoms with Crippen molar-refractivity contribution in [1.82, 2.24) is 5.32 Å². The summed E-state index contributed by atoms with van der Waals surface area (Å²) in [5, 5.41) is 11.9. The van der Waals surface area contributed by atoms with Crippen molar-refractivity contribution in [2.24, 2.45) is 0 Å². The maximum atomic E-state index is 11.5. The molecule has 0 rings (SSSR count). The minimum Gasteiger partial charge on any atom is -0.391 e. The van der Waals surface area contributed by atoms with E-state index in [4.69, 9.17) is 5.11 Å². The van der Waals surface area contributed by atoms with Crippen LogP contribution in [0.1, 0.15) is 6.42 Å². The molecule has 0 aliphatic rings. The highest BCUT2D eigenvalue weighted by Crippen LogP contribution is 2.14. The van der Waals surface area contributed by atoms with Crippen molar-refractivity contribution in [3.8, 4) is 0 Å². The summed E-state index contributed by atoms with van der Waals surface area (Å²) in [5.41, 5.74) is 0. The van der Waals surface area contributed by atoms with Gasteiger partial charge in [0.2, 0.25) is 0 Å². The molecule has 15 heavy (non-hydrogen) atoms. The first kappa shape index (κ1) is 14.6. The number of alkyl halides is 3. The zero-order valence-corrected chi connectivity index (χ0v) is 8.51. The molecule has 0 radical (unpaired) electrons. The number of hydrogen-bond donors (Lipinski definition) is 2. The lowest BCUT2D eigenvalue weighted by atomic mass is 10.3. The van der Waals surface area contributed by atoms with Gasteiger partial charge in [-0.15, -0.1) is 13.2 Å². The van der Waals surface area contributed by atoms with Gasteiger partial charge in [-0.1, -0.05) is 0 Å². The molecule has 0 heterocycles. The fraction of sp³-hybridized carbons (Fsp3) is 1.00. The number of halogens is 3. The molecular weight excluding hydrogens is 215 g/mol. The van der Waals surface area contributed by atoms with E-state index in [1.54, 1.807) is 0 Å². The predicted molar refractivity (Wildman–Crippen MR) is 47.4 cm³/mol. The van der Waals surface area contributed by atoms with Gasteiger partial charge < -0.3 is 15.2 Å². The molecule has 0 amide bonds. The Morgan fingerprint density at radius 3 is 2.53 bits per heavy atom. The number of rotatable bonds is 8. The van der Waals surface area contributed by atoms with Crippen LogP contribution >= 0.6 is 0 Å². The average molecular weight is 231 g/mol. The lowest BCUT2D eigenvalue weighted by molar-refractivity contribution is -0.323. The van der Waals surface area contributed by atoms with E-state index < -0.39 is 19.1 Å². The number of aliphatic hydroxyl groups is 1. The van der Waals surface area contributed by atoms with Crippen molar-refractivity contribution in [1.29, 1.82) is 0 Å². The van der Waals surface area contributed by atoms with Crippen LogP contribution in [0.4, 0.5) is 13.2 Å². The second-order valence-corrected chi connectivity index (χ2v) is 2.94. The van der Waals surface area contributed by atoms with Crippen LogP contribution in [-0.4, -0.2) is 51.0 Å². The molecule has 92 valence electrons. The van der Waals surface area contributed by atoms with E-state index in [1.165, 1.54) is 7.11 Å². The molecule has 0 saturated carbocycles. The van der Waals surface area contributed by atoms with Crippen molar-refractivity contribution in [2.75, 3.05) is 33.4 Å². The SMILES string of the molecule is COCC(O)CCNCCOC(F)(F)F. The molecule has 0 aliphatic carbocycles. The van der Waals surface area contributed by atoms with E-state index in [2.05, 4.69) is 14.8 Å². The van der Waals surface area contributed by atoms with E-state index in [0.717, 1.165) is 0 Å². The minimum absolute atomic E-state index is 0.0964. The van der Waals surface area contributed by atoms with Crippen molar-refractivity contribution < 1.29 is 27.8 Å². The normalized spacial score (nSPS) is 14.2. The van der Waals surface area contributed by atoms with Crippen molar-refractivity contribution >= 4 is 0 Å². The van der Waals surface area contributed by atoms with Crippen LogP contribution in [-0.2, 0) is 9.47 Å². The van der Waals surface area contributed by atoms with Crippen molar-refractivity contribution in [3.63, 3.8) is 0 Å². The Hall–Kier alpha value is -0.370. The maximum absolute atomic E-state index is 11.5. The van der Waals surface area contributed by atoms with Crippen LogP contribution in [0.15, 0.2) is 0 Å². The van der Waals surface area contributed by atoms with E-state index in [9.17, 15) is 13.2 Å². The Balaban J connectivity index is 3.18. The summed E-state index contributed by atoms with van der Waals surface area (Å²) < 4.78 is 42.7. The Labute approximate surface area is 86.4 Å². The van der Waals surface area contributed by atoms with Gasteiger partial charge in [-0.2, -0.15) is 0 Å². The molecule has 1 unspecified atom stereocenters. The van der Waals surface area contributed by atoms with Crippen molar-refractivity contribution in [2.45, 2.75) is 18.9 Å². The molecule has 4 nitrogen and oxygen atoms in total. The molecule has 0 bridgehead atoms. The van der Waals surface area contributed by atoms with E-state index in [-0.39, 0.29) is 13.2 Å². The van der Waals surface area contributed by atoms with Crippen LogP contribution in [0, 0.1) is 0 Å². The second-order valence-electron chi connectivity index (χ2n) is 2.94. The van der Waals surface area contributed by atoms with Crippen LogP contribution in [0.2, 0.25) is 0 Å². The molecule has 0 aromatic heterocycles. The highest BCUT2D eigenvalue weighted by molar-refractivity contribution is 4.56. The average Bonchev–Trinajstić information content (AvgIpc) is 2.09. The van der Waals surface area contributed by atoms with Crippen LogP contribution in [0.5, 0.6) is 0 Å². The summed E-state index contributed by atoms with van der Waals surface area (Å²) >= 11 is 0. The first-order chi connectivity index (χ1) is 6.95. The maximum Gasteiger partial charge on any atom is 0.522 e. The third-order valence-electron chi connectivity index (χ3n) is 1.56. The van der Waals surface area contributed by atoms with Crippen LogP contribution < -0.4 is 5.32 Å². The van der Waals surface area contributed by atoms with Crippen LogP contribution in [0.25, 0.3) is 0 Å². The smallest absolute Gasteiger partial charge is 0.391 e. The molecule has 0 fully saturated rings. The Kier molecular flexibility index (Phi) is 7.67. The standard InChI is InChI=1S/C8H16F3NO3/c1-14-6-7(13)2-3-12-4-5-15-8(9,10)11/h7,12-13H,2-6H2,1H3. The monoisotopic (exact) mass is 231 g/mol. The quantitative estimate of drug-likeness (QED) is 0.598. The molecule has 7 heteroatoms. The molecule has 0 aromatic rings. The predicted octanol–water partition coefficient (Wildman–Crippen LogP) is 0.510. The van der Waals surface area contributed by atoms with Gasteiger partial charge in [-0.25, -0.2) is 0 Å². The third-order valence-corrected chi connectivity index (χ3v) is 1.56. The van der Waals surface area contributed by atoms with Crippen molar-refractivity contribution in [3.05, 3.63) is 0 Å². The highest BCUT2D eigenvalue weighted by Gasteiger charge is 2.28. The molecule has 0 aromatic carbocycles. The summed E-state index contributed by atoms with van der Waals surface area (Å²) in [4.78, 5) is 0. The summed E-state index contributed by atoms with van der Waals surface area (Å²) in [5.74, 6) is 0. The Bertz CT molecular complexity index is 155. The van der Waals surface area contributed by atoms with Gasteiger partial charge in [-0.05, 0) is 13.0 Å². The molecule has 0 aliphatic heterocycles. The highest BCUT2D eigenvalue weighted by atomic mass is 19.4. The lowest BCUT2D eigenvalue weighted by Gasteiger charge is -2.10. The topological polar surface area (TPSA) is 50.7 Å². The molecule has 2 N–H and O–H groups in total. The fourth-order valence-electron chi connectivity index (χ4n) is 0.908. The molecule has 0 spiro atoms. The van der Waals surface area contributed by atoms with Gasteiger partial charge in [-0.3, -0.25) is 4.74 Å². The Morgan fingerprint density at radius 1 is 1.33 bits per heavy atom. The molecule has 0 saturated heterocycles. The number of aliphatic hydroxyl groups excluding tert-OH is 1. The zero-order valence-electron chi connectivity index (χ0n) is 8.51. The van der Waals surface area contributed by atoms with Crippen LogP contribution in [0.3, 0.4) is 0 Å².